The van der Waals surface area contributed by atoms with Crippen LogP contribution in [0.1, 0.15) is 58.7 Å². The number of fused-ring (bicyclic) bond motifs is 5. The second-order valence-electron chi connectivity index (χ2n) is 9.12. The van der Waals surface area contributed by atoms with Gasteiger partial charge in [-0.2, -0.15) is 0 Å². The molecule has 4 aromatic carbocycles. The Balaban J connectivity index is 1.64. The van der Waals surface area contributed by atoms with E-state index in [0.29, 0.717) is 0 Å². The number of rotatable bonds is 6. The maximum absolute atomic E-state index is 5.63. The third-order valence-corrected chi connectivity index (χ3v) is 7.11. The first-order chi connectivity index (χ1) is 16.8. The first-order valence-corrected chi connectivity index (χ1v) is 12.2. The molecular formula is C33H28O. The van der Waals surface area contributed by atoms with Crippen molar-refractivity contribution >= 4 is 22.3 Å². The molecule has 1 heteroatoms. The van der Waals surface area contributed by atoms with E-state index in [4.69, 9.17) is 4.74 Å². The second-order valence-corrected chi connectivity index (χ2v) is 9.12. The van der Waals surface area contributed by atoms with Crippen molar-refractivity contribution in [2.24, 2.45) is 0 Å². The zero-order chi connectivity index (χ0) is 23.1. The predicted molar refractivity (Wildman–Crippen MR) is 143 cm³/mol. The van der Waals surface area contributed by atoms with Gasteiger partial charge in [0.2, 0.25) is 0 Å². The van der Waals surface area contributed by atoms with Crippen molar-refractivity contribution in [3.8, 4) is 5.75 Å². The van der Waals surface area contributed by atoms with Gasteiger partial charge in [-0.15, -0.1) is 0 Å². The third-order valence-electron chi connectivity index (χ3n) is 7.11. The summed E-state index contributed by atoms with van der Waals surface area (Å²) >= 11 is 0. The second kappa shape index (κ2) is 8.50. The van der Waals surface area contributed by atoms with Crippen LogP contribution in [0.2, 0.25) is 0 Å². The quantitative estimate of drug-likeness (QED) is 0.293. The topological polar surface area (TPSA) is 9.23 Å². The summed E-state index contributed by atoms with van der Waals surface area (Å²) in [6.45, 7) is 2.25. The van der Waals surface area contributed by atoms with E-state index in [1.54, 1.807) is 7.11 Å². The molecule has 0 radical (unpaired) electrons. The lowest BCUT2D eigenvalue weighted by Gasteiger charge is -2.13. The standard InChI is InChI=1S/C33H28O/c1-3-4-10-22-15-17-24(18-16-22)30-26-13-8-9-14-27(26)32-31(23-11-6-5-7-12-23)29-21-25(34-2)19-20-28(29)33(30)32/h5-9,11-21H,3-4,10H2,1-2H3. The molecule has 0 saturated carbocycles. The van der Waals surface area contributed by atoms with Crippen LogP contribution in [0.3, 0.4) is 0 Å². The van der Waals surface area contributed by atoms with Crippen LogP contribution in [0.25, 0.3) is 22.3 Å². The highest BCUT2D eigenvalue weighted by atomic mass is 16.5. The highest BCUT2D eigenvalue weighted by Crippen LogP contribution is 2.58. The molecule has 34 heavy (non-hydrogen) atoms. The van der Waals surface area contributed by atoms with Crippen molar-refractivity contribution in [1.82, 2.24) is 0 Å². The monoisotopic (exact) mass is 440 g/mol. The number of methoxy groups -OCH3 is 1. The molecule has 0 heterocycles. The Kier molecular flexibility index (Phi) is 5.19. The average Bonchev–Trinajstić information content (AvgIpc) is 3.40. The predicted octanol–water partition coefficient (Wildman–Crippen LogP) is 8.28. The van der Waals surface area contributed by atoms with Crippen molar-refractivity contribution in [3.63, 3.8) is 0 Å². The zero-order valence-corrected chi connectivity index (χ0v) is 19.8. The Hall–Kier alpha value is -3.84. The minimum atomic E-state index is 0.892. The lowest BCUT2D eigenvalue weighted by atomic mass is 9.91. The summed E-state index contributed by atoms with van der Waals surface area (Å²) in [5.41, 5.74) is 14.4. The molecule has 0 atom stereocenters. The molecule has 2 aliphatic rings. The van der Waals surface area contributed by atoms with Crippen LogP contribution >= 0.6 is 0 Å². The first-order valence-electron chi connectivity index (χ1n) is 12.2. The minimum absolute atomic E-state index is 0.892. The molecule has 0 aromatic heterocycles. The van der Waals surface area contributed by atoms with Gasteiger partial charge < -0.3 is 4.74 Å². The number of hydrogen-bond acceptors (Lipinski definition) is 1. The van der Waals surface area contributed by atoms with Gasteiger partial charge >= 0.3 is 0 Å². The molecule has 0 unspecified atom stereocenters. The van der Waals surface area contributed by atoms with Crippen molar-refractivity contribution in [3.05, 3.63) is 136 Å². The highest BCUT2D eigenvalue weighted by molar-refractivity contribution is 6.35. The SMILES string of the molecule is CCCCc1ccc(C2=C3C(=C(c4ccccc4)c4cc(OC)ccc43)c3ccccc32)cc1. The van der Waals surface area contributed by atoms with Crippen LogP contribution in [0.4, 0.5) is 0 Å². The van der Waals surface area contributed by atoms with E-state index >= 15 is 0 Å². The lowest BCUT2D eigenvalue weighted by molar-refractivity contribution is 0.414. The van der Waals surface area contributed by atoms with Crippen LogP contribution < -0.4 is 4.74 Å². The lowest BCUT2D eigenvalue weighted by Crippen LogP contribution is -1.94. The molecule has 4 aromatic rings. The fourth-order valence-corrected chi connectivity index (χ4v) is 5.48. The van der Waals surface area contributed by atoms with Gasteiger partial charge in [0.15, 0.2) is 0 Å². The molecule has 0 fully saturated rings. The van der Waals surface area contributed by atoms with Crippen molar-refractivity contribution < 1.29 is 4.74 Å². The zero-order valence-electron chi connectivity index (χ0n) is 19.8. The van der Waals surface area contributed by atoms with Gasteiger partial charge in [-0.3, -0.25) is 0 Å². The van der Waals surface area contributed by atoms with Gasteiger partial charge in [0.1, 0.15) is 5.75 Å². The van der Waals surface area contributed by atoms with Crippen LogP contribution in [0, 0.1) is 0 Å². The Bertz CT molecular complexity index is 1440. The number of unbranched alkanes of at least 4 members (excludes halogenated alkanes) is 1. The van der Waals surface area contributed by atoms with E-state index in [1.165, 1.54) is 74.1 Å². The van der Waals surface area contributed by atoms with Crippen LogP contribution in [0.15, 0.2) is 97.1 Å². The number of benzene rings is 4. The molecule has 0 saturated heterocycles. The van der Waals surface area contributed by atoms with E-state index < -0.39 is 0 Å². The fourth-order valence-electron chi connectivity index (χ4n) is 5.48. The summed E-state index contributed by atoms with van der Waals surface area (Å²) in [7, 11) is 1.74. The molecule has 0 bridgehead atoms. The largest absolute Gasteiger partial charge is 0.497 e. The summed E-state index contributed by atoms with van der Waals surface area (Å²) in [6.07, 6.45) is 3.60. The molecule has 0 spiro atoms. The maximum Gasteiger partial charge on any atom is 0.119 e. The molecule has 1 nitrogen and oxygen atoms in total. The van der Waals surface area contributed by atoms with Crippen LogP contribution in [-0.2, 0) is 6.42 Å². The smallest absolute Gasteiger partial charge is 0.119 e. The Morgan fingerprint density at radius 3 is 1.82 bits per heavy atom. The van der Waals surface area contributed by atoms with Gasteiger partial charge in [-0.25, -0.2) is 0 Å². The van der Waals surface area contributed by atoms with Crippen LogP contribution in [-0.4, -0.2) is 7.11 Å². The summed E-state index contributed by atoms with van der Waals surface area (Å²) in [4.78, 5) is 0. The number of hydrogen-bond donors (Lipinski definition) is 0. The van der Waals surface area contributed by atoms with E-state index in [9.17, 15) is 0 Å². The van der Waals surface area contributed by atoms with E-state index in [2.05, 4.69) is 104 Å². The third kappa shape index (κ3) is 3.23. The average molecular weight is 441 g/mol. The van der Waals surface area contributed by atoms with Gasteiger partial charge in [0, 0.05) is 0 Å². The van der Waals surface area contributed by atoms with Crippen molar-refractivity contribution in [2.45, 2.75) is 26.2 Å². The van der Waals surface area contributed by atoms with E-state index in [0.717, 1.165) is 12.2 Å². The molecular weight excluding hydrogens is 412 g/mol. The molecule has 2 aliphatic carbocycles. The van der Waals surface area contributed by atoms with Crippen molar-refractivity contribution in [1.29, 1.82) is 0 Å². The van der Waals surface area contributed by atoms with Crippen LogP contribution in [0.5, 0.6) is 5.75 Å². The number of ether oxygens (including phenoxy) is 1. The number of aryl methyl sites for hydroxylation is 1. The van der Waals surface area contributed by atoms with E-state index in [-0.39, 0.29) is 0 Å². The molecule has 0 amide bonds. The normalized spacial score (nSPS) is 13.7. The Morgan fingerprint density at radius 2 is 1.15 bits per heavy atom. The molecule has 0 aliphatic heterocycles. The van der Waals surface area contributed by atoms with Crippen molar-refractivity contribution in [2.75, 3.05) is 7.11 Å². The summed E-state index contributed by atoms with van der Waals surface area (Å²) in [5.74, 6) is 0.892. The Labute approximate surface area is 202 Å². The van der Waals surface area contributed by atoms with Gasteiger partial charge in [-0.1, -0.05) is 98.3 Å². The summed E-state index contributed by atoms with van der Waals surface area (Å²) in [6, 6.07) is 35.4. The first kappa shape index (κ1) is 20.7. The van der Waals surface area contributed by atoms with Gasteiger partial charge in [0.25, 0.3) is 0 Å². The molecule has 0 N–H and O–H groups in total. The summed E-state index contributed by atoms with van der Waals surface area (Å²) in [5, 5.41) is 0. The van der Waals surface area contributed by atoms with Gasteiger partial charge in [0.05, 0.1) is 7.11 Å². The molecule has 166 valence electrons. The number of allylic oxidation sites excluding steroid dienone is 2. The fraction of sp³-hybridized carbons (Fsp3) is 0.152. The van der Waals surface area contributed by atoms with Gasteiger partial charge in [-0.05, 0) is 86.2 Å². The molecule has 6 rings (SSSR count). The Morgan fingerprint density at radius 1 is 0.559 bits per heavy atom. The highest BCUT2D eigenvalue weighted by Gasteiger charge is 2.37. The summed E-state index contributed by atoms with van der Waals surface area (Å²) < 4.78 is 5.63. The minimum Gasteiger partial charge on any atom is -0.497 e. The van der Waals surface area contributed by atoms with E-state index in [1.807, 2.05) is 0 Å². The maximum atomic E-state index is 5.63.